The van der Waals surface area contributed by atoms with Crippen molar-refractivity contribution in [3.63, 3.8) is 0 Å². The smallest absolute Gasteiger partial charge is 0.0515 e. The van der Waals surface area contributed by atoms with E-state index in [4.69, 9.17) is 5.73 Å². The highest BCUT2D eigenvalue weighted by Crippen LogP contribution is 2.31. The zero-order valence-electron chi connectivity index (χ0n) is 10.7. The summed E-state index contributed by atoms with van der Waals surface area (Å²) in [5.41, 5.74) is 11.5. The molecule has 1 aliphatic heterocycles. The van der Waals surface area contributed by atoms with Crippen LogP contribution in [-0.4, -0.2) is 11.1 Å². The molecular weight excluding hydrogens is 208 g/mol. The first kappa shape index (κ1) is 10.8. The minimum absolute atomic E-state index is 0.459. The van der Waals surface area contributed by atoms with Crippen molar-refractivity contribution < 1.29 is 0 Å². The molecule has 1 unspecified atom stereocenters. The number of nitrogens with zero attached hydrogens (tertiary/aromatic N) is 1. The van der Waals surface area contributed by atoms with Crippen molar-refractivity contribution in [3.8, 4) is 0 Å². The third-order valence-corrected chi connectivity index (χ3v) is 4.05. The number of benzene rings is 1. The second kappa shape index (κ2) is 3.88. The molecule has 1 aliphatic rings. The Bertz CT molecular complexity index is 566. The van der Waals surface area contributed by atoms with Gasteiger partial charge in [-0.2, -0.15) is 0 Å². The molecule has 2 heteroatoms. The second-order valence-corrected chi connectivity index (χ2v) is 5.30. The highest BCUT2D eigenvalue weighted by atomic mass is 15.0. The third-order valence-electron chi connectivity index (χ3n) is 4.05. The summed E-state index contributed by atoms with van der Waals surface area (Å²) in [6.45, 7) is 6.32. The SMILES string of the molecule is Cc1cc2cc(C(C)CN)cc3c2n1CCC3. The minimum atomic E-state index is 0.459. The zero-order valence-corrected chi connectivity index (χ0v) is 10.7. The molecule has 17 heavy (non-hydrogen) atoms. The lowest BCUT2D eigenvalue weighted by Crippen LogP contribution is -2.12. The van der Waals surface area contributed by atoms with Gasteiger partial charge in [0.25, 0.3) is 0 Å². The molecule has 3 rings (SSSR count). The summed E-state index contributed by atoms with van der Waals surface area (Å²) in [5.74, 6) is 0.459. The Morgan fingerprint density at radius 2 is 2.18 bits per heavy atom. The van der Waals surface area contributed by atoms with E-state index in [0.717, 1.165) is 6.54 Å². The Morgan fingerprint density at radius 1 is 1.35 bits per heavy atom. The lowest BCUT2D eigenvalue weighted by Gasteiger charge is -2.19. The molecular formula is C15H20N2. The van der Waals surface area contributed by atoms with Crippen molar-refractivity contribution in [1.29, 1.82) is 0 Å². The van der Waals surface area contributed by atoms with E-state index in [1.54, 1.807) is 0 Å². The van der Waals surface area contributed by atoms with Gasteiger partial charge >= 0.3 is 0 Å². The average molecular weight is 228 g/mol. The number of aryl methyl sites for hydroxylation is 3. The van der Waals surface area contributed by atoms with E-state index in [2.05, 4.69) is 36.6 Å². The topological polar surface area (TPSA) is 30.9 Å². The Hall–Kier alpha value is -1.28. The fourth-order valence-corrected chi connectivity index (χ4v) is 2.99. The van der Waals surface area contributed by atoms with E-state index in [0.29, 0.717) is 5.92 Å². The summed E-state index contributed by atoms with van der Waals surface area (Å²) < 4.78 is 2.46. The lowest BCUT2D eigenvalue weighted by molar-refractivity contribution is 0.622. The minimum Gasteiger partial charge on any atom is -0.345 e. The maximum absolute atomic E-state index is 5.78. The Morgan fingerprint density at radius 3 is 2.94 bits per heavy atom. The largest absolute Gasteiger partial charge is 0.345 e. The molecule has 2 aromatic rings. The molecule has 0 amide bonds. The van der Waals surface area contributed by atoms with Gasteiger partial charge in [-0.3, -0.25) is 0 Å². The maximum atomic E-state index is 5.78. The van der Waals surface area contributed by atoms with Gasteiger partial charge in [0.1, 0.15) is 0 Å². The molecule has 2 heterocycles. The van der Waals surface area contributed by atoms with E-state index in [9.17, 15) is 0 Å². The maximum Gasteiger partial charge on any atom is 0.0515 e. The van der Waals surface area contributed by atoms with Crippen molar-refractivity contribution in [2.45, 2.75) is 39.2 Å². The summed E-state index contributed by atoms with van der Waals surface area (Å²) in [4.78, 5) is 0. The monoisotopic (exact) mass is 228 g/mol. The lowest BCUT2D eigenvalue weighted by atomic mass is 9.94. The molecule has 90 valence electrons. The van der Waals surface area contributed by atoms with Crippen LogP contribution in [0.3, 0.4) is 0 Å². The van der Waals surface area contributed by atoms with Gasteiger partial charge in [-0.15, -0.1) is 0 Å². The van der Waals surface area contributed by atoms with Gasteiger partial charge in [-0.25, -0.2) is 0 Å². The van der Waals surface area contributed by atoms with Crippen molar-refractivity contribution >= 4 is 10.9 Å². The molecule has 0 fully saturated rings. The van der Waals surface area contributed by atoms with Crippen LogP contribution >= 0.6 is 0 Å². The molecule has 2 N–H and O–H groups in total. The van der Waals surface area contributed by atoms with Gasteiger partial charge < -0.3 is 10.3 Å². The molecule has 2 nitrogen and oxygen atoms in total. The van der Waals surface area contributed by atoms with Crippen LogP contribution in [0.25, 0.3) is 10.9 Å². The Labute approximate surface area is 102 Å². The fourth-order valence-electron chi connectivity index (χ4n) is 2.99. The van der Waals surface area contributed by atoms with Crippen LogP contribution in [0.1, 0.15) is 36.1 Å². The fraction of sp³-hybridized carbons (Fsp3) is 0.467. The predicted molar refractivity (Wildman–Crippen MR) is 72.5 cm³/mol. The molecule has 1 aromatic carbocycles. The van der Waals surface area contributed by atoms with Crippen LogP contribution in [0.2, 0.25) is 0 Å². The standard InChI is InChI=1S/C15H20N2/c1-10(9-16)13-7-12-4-3-5-17-11(2)6-14(8-13)15(12)17/h6-8,10H,3-5,9,16H2,1-2H3. The van der Waals surface area contributed by atoms with E-state index < -0.39 is 0 Å². The molecule has 0 radical (unpaired) electrons. The number of hydrogen-bond donors (Lipinski definition) is 1. The molecule has 0 saturated heterocycles. The van der Waals surface area contributed by atoms with Gasteiger partial charge in [0.15, 0.2) is 0 Å². The van der Waals surface area contributed by atoms with Crippen LogP contribution in [0, 0.1) is 6.92 Å². The quantitative estimate of drug-likeness (QED) is 0.841. The molecule has 0 aliphatic carbocycles. The van der Waals surface area contributed by atoms with Crippen molar-refractivity contribution in [2.24, 2.45) is 5.73 Å². The van der Waals surface area contributed by atoms with Crippen molar-refractivity contribution in [1.82, 2.24) is 4.57 Å². The normalized spacial score (nSPS) is 16.4. The summed E-state index contributed by atoms with van der Waals surface area (Å²) >= 11 is 0. The number of rotatable bonds is 2. The number of aromatic nitrogens is 1. The van der Waals surface area contributed by atoms with Crippen LogP contribution in [-0.2, 0) is 13.0 Å². The summed E-state index contributed by atoms with van der Waals surface area (Å²) in [6.07, 6.45) is 2.48. The number of nitrogens with two attached hydrogens (primary N) is 1. The first-order chi connectivity index (χ1) is 8.20. The van der Waals surface area contributed by atoms with Gasteiger partial charge in [0, 0.05) is 17.6 Å². The van der Waals surface area contributed by atoms with E-state index >= 15 is 0 Å². The summed E-state index contributed by atoms with van der Waals surface area (Å²) in [6, 6.07) is 7.01. The van der Waals surface area contributed by atoms with E-state index in [-0.39, 0.29) is 0 Å². The van der Waals surface area contributed by atoms with Crippen LogP contribution in [0.5, 0.6) is 0 Å². The third kappa shape index (κ3) is 1.59. The zero-order chi connectivity index (χ0) is 12.0. The molecule has 0 saturated carbocycles. The second-order valence-electron chi connectivity index (χ2n) is 5.30. The van der Waals surface area contributed by atoms with Gasteiger partial charge in [0.2, 0.25) is 0 Å². The average Bonchev–Trinajstić information content (AvgIpc) is 2.67. The Balaban J connectivity index is 2.26. The highest BCUT2D eigenvalue weighted by Gasteiger charge is 2.17. The van der Waals surface area contributed by atoms with Crippen molar-refractivity contribution in [3.05, 3.63) is 35.0 Å². The summed E-state index contributed by atoms with van der Waals surface area (Å²) in [7, 11) is 0. The first-order valence-corrected chi connectivity index (χ1v) is 6.53. The molecule has 1 atom stereocenters. The molecule has 0 spiro atoms. The van der Waals surface area contributed by atoms with Crippen LogP contribution < -0.4 is 5.73 Å². The van der Waals surface area contributed by atoms with Gasteiger partial charge in [-0.05, 0) is 55.5 Å². The van der Waals surface area contributed by atoms with Gasteiger partial charge in [0.05, 0.1) is 5.52 Å². The number of hydrogen-bond acceptors (Lipinski definition) is 1. The molecule has 1 aromatic heterocycles. The van der Waals surface area contributed by atoms with Crippen LogP contribution in [0.4, 0.5) is 0 Å². The first-order valence-electron chi connectivity index (χ1n) is 6.53. The van der Waals surface area contributed by atoms with Crippen molar-refractivity contribution in [2.75, 3.05) is 6.54 Å². The predicted octanol–water partition coefficient (Wildman–Crippen LogP) is 2.96. The Kier molecular flexibility index (Phi) is 2.48. The van der Waals surface area contributed by atoms with E-state index in [1.807, 2.05) is 0 Å². The molecule has 0 bridgehead atoms. The van der Waals surface area contributed by atoms with E-state index in [1.165, 1.54) is 47.1 Å². The summed E-state index contributed by atoms with van der Waals surface area (Å²) in [5, 5.41) is 1.40. The highest BCUT2D eigenvalue weighted by molar-refractivity contribution is 5.86. The van der Waals surface area contributed by atoms with Crippen LogP contribution in [0.15, 0.2) is 18.2 Å². The van der Waals surface area contributed by atoms with Gasteiger partial charge in [-0.1, -0.05) is 13.0 Å².